The van der Waals surface area contributed by atoms with Crippen LogP contribution in [-0.4, -0.2) is 53.1 Å². The van der Waals surface area contributed by atoms with E-state index in [-0.39, 0.29) is 24.5 Å². The van der Waals surface area contributed by atoms with Gasteiger partial charge in [-0.15, -0.1) is 0 Å². The number of carbonyl (C=O) groups excluding carboxylic acids is 1. The fourth-order valence-corrected chi connectivity index (χ4v) is 2.20. The van der Waals surface area contributed by atoms with Gasteiger partial charge in [0.25, 0.3) is 0 Å². The number of rotatable bonds is 8. The van der Waals surface area contributed by atoms with E-state index in [2.05, 4.69) is 5.32 Å². The molecule has 5 nitrogen and oxygen atoms in total. The van der Waals surface area contributed by atoms with Gasteiger partial charge in [0.1, 0.15) is 0 Å². The van der Waals surface area contributed by atoms with E-state index in [1.165, 1.54) is 0 Å². The Hall–Kier alpha value is -0.910. The van der Waals surface area contributed by atoms with E-state index in [0.717, 1.165) is 5.75 Å². The summed E-state index contributed by atoms with van der Waals surface area (Å²) in [6, 6.07) is 0.0892. The van der Waals surface area contributed by atoms with Crippen molar-refractivity contribution in [3.8, 4) is 0 Å². The standard InChI is InChI=1S/C12H24N2O3S/c1-9(6-5-7-11(15)16)13-12(17)14(3)10(2)8-18-4/h9-10H,5-8H2,1-4H3,(H,13,17)(H,15,16). The van der Waals surface area contributed by atoms with Gasteiger partial charge in [-0.2, -0.15) is 11.8 Å². The summed E-state index contributed by atoms with van der Waals surface area (Å²) in [5.41, 5.74) is 0. The highest BCUT2D eigenvalue weighted by Crippen LogP contribution is 2.05. The van der Waals surface area contributed by atoms with Gasteiger partial charge >= 0.3 is 12.0 Å². The van der Waals surface area contributed by atoms with E-state index >= 15 is 0 Å². The van der Waals surface area contributed by atoms with Crippen LogP contribution < -0.4 is 5.32 Å². The highest BCUT2D eigenvalue weighted by atomic mass is 32.2. The summed E-state index contributed by atoms with van der Waals surface area (Å²) in [7, 11) is 1.78. The van der Waals surface area contributed by atoms with Crippen molar-refractivity contribution in [1.29, 1.82) is 0 Å². The maximum Gasteiger partial charge on any atom is 0.317 e. The van der Waals surface area contributed by atoms with E-state index in [0.29, 0.717) is 12.8 Å². The summed E-state index contributed by atoms with van der Waals surface area (Å²) < 4.78 is 0. The summed E-state index contributed by atoms with van der Waals surface area (Å²) >= 11 is 1.70. The maximum atomic E-state index is 11.9. The van der Waals surface area contributed by atoms with Crippen molar-refractivity contribution < 1.29 is 14.7 Å². The van der Waals surface area contributed by atoms with E-state index < -0.39 is 5.97 Å². The molecule has 0 aromatic rings. The molecular weight excluding hydrogens is 252 g/mol. The van der Waals surface area contributed by atoms with Crippen LogP contribution in [0.15, 0.2) is 0 Å². The third kappa shape index (κ3) is 7.42. The number of nitrogens with one attached hydrogen (secondary N) is 1. The SMILES string of the molecule is CSCC(C)N(C)C(=O)NC(C)CCCC(=O)O. The number of hydrogen-bond donors (Lipinski definition) is 2. The quantitative estimate of drug-likeness (QED) is 0.711. The number of urea groups is 1. The Morgan fingerprint density at radius 3 is 2.50 bits per heavy atom. The third-order valence-corrected chi connectivity index (χ3v) is 3.60. The van der Waals surface area contributed by atoms with Gasteiger partial charge in [-0.1, -0.05) is 0 Å². The van der Waals surface area contributed by atoms with Gasteiger partial charge in [0.15, 0.2) is 0 Å². The zero-order chi connectivity index (χ0) is 14.1. The number of carboxylic acids is 1. The normalized spacial score (nSPS) is 13.8. The van der Waals surface area contributed by atoms with Gasteiger partial charge in [0, 0.05) is 31.3 Å². The second-order valence-corrected chi connectivity index (χ2v) is 5.46. The summed E-state index contributed by atoms with van der Waals surface area (Å²) in [5, 5.41) is 11.4. The zero-order valence-electron chi connectivity index (χ0n) is 11.6. The fourth-order valence-electron chi connectivity index (χ4n) is 1.50. The molecule has 0 aromatic heterocycles. The van der Waals surface area contributed by atoms with E-state index in [1.54, 1.807) is 23.7 Å². The second kappa shape index (κ2) is 9.08. The number of carboxylic acid groups (broad SMARTS) is 1. The minimum atomic E-state index is -0.792. The minimum Gasteiger partial charge on any atom is -0.481 e. The number of nitrogens with zero attached hydrogens (tertiary/aromatic N) is 1. The lowest BCUT2D eigenvalue weighted by molar-refractivity contribution is -0.137. The number of hydrogen-bond acceptors (Lipinski definition) is 3. The Labute approximate surface area is 113 Å². The molecule has 0 aliphatic rings. The average Bonchev–Trinajstić information content (AvgIpc) is 2.27. The first-order valence-corrected chi connectivity index (χ1v) is 7.52. The van der Waals surface area contributed by atoms with E-state index in [9.17, 15) is 9.59 Å². The monoisotopic (exact) mass is 276 g/mol. The van der Waals surface area contributed by atoms with Crippen molar-refractivity contribution in [1.82, 2.24) is 10.2 Å². The van der Waals surface area contributed by atoms with Crippen molar-refractivity contribution in [2.75, 3.05) is 19.1 Å². The molecule has 0 aliphatic heterocycles. The highest BCUT2D eigenvalue weighted by Gasteiger charge is 2.16. The van der Waals surface area contributed by atoms with Crippen LogP contribution in [0.4, 0.5) is 4.79 Å². The topological polar surface area (TPSA) is 69.6 Å². The molecule has 0 heterocycles. The molecule has 0 aromatic carbocycles. The molecule has 0 aliphatic carbocycles. The third-order valence-electron chi connectivity index (χ3n) is 2.79. The predicted molar refractivity (Wildman–Crippen MR) is 75.1 cm³/mol. The van der Waals surface area contributed by atoms with Crippen LogP contribution in [0.25, 0.3) is 0 Å². The van der Waals surface area contributed by atoms with E-state index in [4.69, 9.17) is 5.11 Å². The Morgan fingerprint density at radius 1 is 1.39 bits per heavy atom. The average molecular weight is 276 g/mol. The van der Waals surface area contributed by atoms with Gasteiger partial charge in [0.2, 0.25) is 0 Å². The zero-order valence-corrected chi connectivity index (χ0v) is 12.4. The Balaban J connectivity index is 3.95. The van der Waals surface area contributed by atoms with Crippen LogP contribution in [-0.2, 0) is 4.79 Å². The Kier molecular flexibility index (Phi) is 8.62. The maximum absolute atomic E-state index is 11.9. The van der Waals surface area contributed by atoms with Crippen molar-refractivity contribution in [3.05, 3.63) is 0 Å². The smallest absolute Gasteiger partial charge is 0.317 e. The summed E-state index contributed by atoms with van der Waals surface area (Å²) in [4.78, 5) is 23.9. The molecule has 18 heavy (non-hydrogen) atoms. The van der Waals surface area contributed by atoms with Crippen LogP contribution in [0.2, 0.25) is 0 Å². The van der Waals surface area contributed by atoms with Gasteiger partial charge in [-0.25, -0.2) is 4.79 Å². The minimum absolute atomic E-state index is 0.000722. The lowest BCUT2D eigenvalue weighted by Crippen LogP contribution is -2.46. The molecule has 0 saturated heterocycles. The molecule has 0 fully saturated rings. The lowest BCUT2D eigenvalue weighted by Gasteiger charge is -2.26. The predicted octanol–water partition coefficient (Wildman–Crippen LogP) is 2.02. The molecular formula is C12H24N2O3S. The molecule has 2 atom stereocenters. The number of carbonyl (C=O) groups is 2. The molecule has 2 amide bonds. The molecule has 2 N–H and O–H groups in total. The molecule has 6 heteroatoms. The summed E-state index contributed by atoms with van der Waals surface area (Å²) in [6.07, 6.45) is 3.43. The molecule has 0 radical (unpaired) electrons. The molecule has 2 unspecified atom stereocenters. The van der Waals surface area contributed by atoms with Crippen LogP contribution in [0.1, 0.15) is 33.1 Å². The first-order valence-electron chi connectivity index (χ1n) is 6.12. The first kappa shape index (κ1) is 17.1. The van der Waals surface area contributed by atoms with Crippen molar-refractivity contribution in [2.45, 2.75) is 45.2 Å². The summed E-state index contributed by atoms with van der Waals surface area (Å²) in [5.74, 6) is 0.108. The van der Waals surface area contributed by atoms with Crippen LogP contribution in [0, 0.1) is 0 Å². The van der Waals surface area contributed by atoms with Crippen molar-refractivity contribution in [3.63, 3.8) is 0 Å². The molecule has 0 rings (SSSR count). The molecule has 106 valence electrons. The van der Waals surface area contributed by atoms with Crippen molar-refractivity contribution in [2.24, 2.45) is 0 Å². The van der Waals surface area contributed by atoms with E-state index in [1.807, 2.05) is 20.1 Å². The summed E-state index contributed by atoms with van der Waals surface area (Å²) in [6.45, 7) is 3.90. The van der Waals surface area contributed by atoms with Crippen LogP contribution in [0.3, 0.4) is 0 Å². The molecule has 0 saturated carbocycles. The second-order valence-electron chi connectivity index (χ2n) is 4.55. The van der Waals surface area contributed by atoms with Gasteiger partial charge in [-0.05, 0) is 32.9 Å². The van der Waals surface area contributed by atoms with Crippen LogP contribution in [0.5, 0.6) is 0 Å². The number of aliphatic carboxylic acids is 1. The molecule has 0 spiro atoms. The van der Waals surface area contributed by atoms with Gasteiger partial charge < -0.3 is 15.3 Å². The lowest BCUT2D eigenvalue weighted by atomic mass is 10.1. The highest BCUT2D eigenvalue weighted by molar-refractivity contribution is 7.98. The Morgan fingerprint density at radius 2 is 2.00 bits per heavy atom. The van der Waals surface area contributed by atoms with Gasteiger partial charge in [-0.3, -0.25) is 4.79 Å². The van der Waals surface area contributed by atoms with Gasteiger partial charge in [0.05, 0.1) is 0 Å². The number of amides is 2. The largest absolute Gasteiger partial charge is 0.481 e. The molecule has 0 bridgehead atoms. The Bertz CT molecular complexity index is 274. The van der Waals surface area contributed by atoms with Crippen molar-refractivity contribution >= 4 is 23.8 Å². The first-order chi connectivity index (χ1) is 8.38. The fraction of sp³-hybridized carbons (Fsp3) is 0.833. The number of thioether (sulfide) groups is 1. The van der Waals surface area contributed by atoms with Crippen LogP contribution >= 0.6 is 11.8 Å².